The first-order valence-electron chi connectivity index (χ1n) is 7.54. The summed E-state index contributed by atoms with van der Waals surface area (Å²) in [6, 6.07) is 8.04. The molecule has 1 aromatic carbocycles. The maximum atomic E-state index is 12.0. The number of hydrogen-bond acceptors (Lipinski definition) is 4. The number of carbonyl (C=O) groups excluding carboxylic acids is 2. The van der Waals surface area contributed by atoms with Gasteiger partial charge in [-0.05, 0) is 19.1 Å². The lowest BCUT2D eigenvalue weighted by molar-refractivity contribution is -0.128. The van der Waals surface area contributed by atoms with Gasteiger partial charge in [0, 0.05) is 32.6 Å². The van der Waals surface area contributed by atoms with Gasteiger partial charge in [-0.3, -0.25) is 9.59 Å². The van der Waals surface area contributed by atoms with Crippen molar-refractivity contribution in [1.82, 2.24) is 14.9 Å². The van der Waals surface area contributed by atoms with Gasteiger partial charge in [0.1, 0.15) is 0 Å². The summed E-state index contributed by atoms with van der Waals surface area (Å²) in [6.45, 7) is 3.18. The molecule has 0 bridgehead atoms. The molecule has 2 amide bonds. The first kappa shape index (κ1) is 17.4. The van der Waals surface area contributed by atoms with Crippen LogP contribution in [0.4, 0.5) is 0 Å². The van der Waals surface area contributed by atoms with Crippen molar-refractivity contribution in [2.24, 2.45) is 5.92 Å². The first-order valence-corrected chi connectivity index (χ1v) is 9.02. The standard InChI is InChI=1S/C15H21N3O4S/c1-2-18-11-12(10-14(18)19)15(20)16-8-9-17-23(21,22)13-6-4-3-5-7-13/h3-7,12,17H,2,8-11H2,1H3,(H,16,20)/t12-/m1/s1. The normalized spacial score (nSPS) is 18.2. The second-order valence-electron chi connectivity index (χ2n) is 5.34. The fourth-order valence-electron chi connectivity index (χ4n) is 2.45. The Morgan fingerprint density at radius 3 is 2.57 bits per heavy atom. The molecule has 1 aliphatic rings. The summed E-state index contributed by atoms with van der Waals surface area (Å²) < 4.78 is 26.4. The van der Waals surface area contributed by atoms with E-state index in [1.54, 1.807) is 23.1 Å². The fraction of sp³-hybridized carbons (Fsp3) is 0.467. The van der Waals surface area contributed by atoms with Crippen molar-refractivity contribution in [1.29, 1.82) is 0 Å². The molecule has 1 saturated heterocycles. The summed E-state index contributed by atoms with van der Waals surface area (Å²) in [5.41, 5.74) is 0. The highest BCUT2D eigenvalue weighted by atomic mass is 32.2. The van der Waals surface area contributed by atoms with E-state index in [4.69, 9.17) is 0 Å². The second kappa shape index (κ2) is 7.56. The number of amides is 2. The van der Waals surface area contributed by atoms with Crippen LogP contribution < -0.4 is 10.0 Å². The van der Waals surface area contributed by atoms with Crippen molar-refractivity contribution in [2.45, 2.75) is 18.2 Å². The van der Waals surface area contributed by atoms with E-state index in [1.165, 1.54) is 12.1 Å². The molecule has 2 N–H and O–H groups in total. The Kier molecular flexibility index (Phi) is 5.73. The van der Waals surface area contributed by atoms with Gasteiger partial charge in [0.25, 0.3) is 0 Å². The molecule has 1 atom stereocenters. The van der Waals surface area contributed by atoms with Gasteiger partial charge in [-0.15, -0.1) is 0 Å². The van der Waals surface area contributed by atoms with Crippen LogP contribution in [0.1, 0.15) is 13.3 Å². The molecule has 0 spiro atoms. The van der Waals surface area contributed by atoms with E-state index >= 15 is 0 Å². The van der Waals surface area contributed by atoms with E-state index < -0.39 is 10.0 Å². The second-order valence-corrected chi connectivity index (χ2v) is 7.10. The molecule has 0 saturated carbocycles. The van der Waals surface area contributed by atoms with Gasteiger partial charge in [-0.2, -0.15) is 0 Å². The van der Waals surface area contributed by atoms with Crippen LogP contribution in [0.25, 0.3) is 0 Å². The molecule has 0 unspecified atom stereocenters. The molecule has 1 aliphatic heterocycles. The summed E-state index contributed by atoms with van der Waals surface area (Å²) in [5.74, 6) is -0.584. The minimum absolute atomic E-state index is 0.0163. The van der Waals surface area contributed by atoms with Crippen LogP contribution in [0.15, 0.2) is 35.2 Å². The molecule has 0 aliphatic carbocycles. The minimum atomic E-state index is -3.56. The average Bonchev–Trinajstić information content (AvgIpc) is 2.93. The van der Waals surface area contributed by atoms with Crippen LogP contribution in [0, 0.1) is 5.92 Å². The topological polar surface area (TPSA) is 95.6 Å². The number of likely N-dealkylation sites (tertiary alicyclic amines) is 1. The lowest BCUT2D eigenvalue weighted by Gasteiger charge is -2.13. The quantitative estimate of drug-likeness (QED) is 0.681. The van der Waals surface area contributed by atoms with Gasteiger partial charge < -0.3 is 10.2 Å². The monoisotopic (exact) mass is 339 g/mol. The zero-order valence-electron chi connectivity index (χ0n) is 13.0. The molecule has 23 heavy (non-hydrogen) atoms. The number of sulfonamides is 1. The van der Waals surface area contributed by atoms with E-state index in [9.17, 15) is 18.0 Å². The van der Waals surface area contributed by atoms with E-state index in [1.807, 2.05) is 6.92 Å². The Hall–Kier alpha value is -1.93. The van der Waals surface area contributed by atoms with Crippen molar-refractivity contribution in [3.8, 4) is 0 Å². The predicted molar refractivity (Wildman–Crippen MR) is 85.0 cm³/mol. The van der Waals surface area contributed by atoms with E-state index in [2.05, 4.69) is 10.0 Å². The summed E-state index contributed by atoms with van der Waals surface area (Å²) in [7, 11) is -3.56. The summed E-state index contributed by atoms with van der Waals surface area (Å²) in [5, 5.41) is 2.67. The van der Waals surface area contributed by atoms with Crippen LogP contribution >= 0.6 is 0 Å². The largest absolute Gasteiger partial charge is 0.354 e. The number of benzene rings is 1. The van der Waals surface area contributed by atoms with Crippen LogP contribution in [-0.2, 0) is 19.6 Å². The third kappa shape index (κ3) is 4.52. The lowest BCUT2D eigenvalue weighted by atomic mass is 10.1. The van der Waals surface area contributed by atoms with Crippen molar-refractivity contribution in [3.63, 3.8) is 0 Å². The SMILES string of the molecule is CCN1C[C@H](C(=O)NCCNS(=O)(=O)c2ccccc2)CC1=O. The predicted octanol–water partition coefficient (Wildman–Crippen LogP) is -0.0505. The molecule has 7 nitrogen and oxygen atoms in total. The smallest absolute Gasteiger partial charge is 0.240 e. The van der Waals surface area contributed by atoms with Crippen LogP contribution in [0.3, 0.4) is 0 Å². The zero-order valence-corrected chi connectivity index (χ0v) is 13.8. The molecular weight excluding hydrogens is 318 g/mol. The molecule has 8 heteroatoms. The fourth-order valence-corrected chi connectivity index (χ4v) is 3.50. The summed E-state index contributed by atoms with van der Waals surface area (Å²) in [6.07, 6.45) is 0.218. The van der Waals surface area contributed by atoms with Gasteiger partial charge >= 0.3 is 0 Å². The third-order valence-corrected chi connectivity index (χ3v) is 5.21. The molecule has 1 aromatic rings. The third-order valence-electron chi connectivity index (χ3n) is 3.74. The number of carbonyl (C=O) groups is 2. The Morgan fingerprint density at radius 1 is 1.26 bits per heavy atom. The van der Waals surface area contributed by atoms with Crippen LogP contribution in [-0.4, -0.2) is 51.3 Å². The maximum Gasteiger partial charge on any atom is 0.240 e. The van der Waals surface area contributed by atoms with Crippen molar-refractivity contribution in [2.75, 3.05) is 26.2 Å². The minimum Gasteiger partial charge on any atom is -0.354 e. The number of hydrogen-bond donors (Lipinski definition) is 2. The van der Waals surface area contributed by atoms with Crippen molar-refractivity contribution >= 4 is 21.8 Å². The van der Waals surface area contributed by atoms with Gasteiger partial charge in [0.05, 0.1) is 10.8 Å². The first-order chi connectivity index (χ1) is 10.9. The zero-order chi connectivity index (χ0) is 16.9. The maximum absolute atomic E-state index is 12.0. The van der Waals surface area contributed by atoms with Crippen LogP contribution in [0.5, 0.6) is 0 Å². The average molecular weight is 339 g/mol. The molecule has 1 heterocycles. The highest BCUT2D eigenvalue weighted by molar-refractivity contribution is 7.89. The van der Waals surface area contributed by atoms with Gasteiger partial charge in [-0.25, -0.2) is 13.1 Å². The Labute approximate surface area is 136 Å². The summed E-state index contributed by atoms with van der Waals surface area (Å²) in [4.78, 5) is 25.4. The highest BCUT2D eigenvalue weighted by Gasteiger charge is 2.33. The molecule has 1 fully saturated rings. The molecular formula is C15H21N3O4S. The van der Waals surface area contributed by atoms with Crippen molar-refractivity contribution in [3.05, 3.63) is 30.3 Å². The van der Waals surface area contributed by atoms with E-state index in [0.29, 0.717) is 13.1 Å². The number of nitrogens with one attached hydrogen (secondary N) is 2. The summed E-state index contributed by atoms with van der Waals surface area (Å²) >= 11 is 0. The van der Waals surface area contributed by atoms with Crippen LogP contribution in [0.2, 0.25) is 0 Å². The van der Waals surface area contributed by atoms with Gasteiger partial charge in [-0.1, -0.05) is 18.2 Å². The Morgan fingerprint density at radius 2 is 1.96 bits per heavy atom. The molecule has 126 valence electrons. The number of nitrogens with zero attached hydrogens (tertiary/aromatic N) is 1. The van der Waals surface area contributed by atoms with Gasteiger partial charge in [0.15, 0.2) is 0 Å². The van der Waals surface area contributed by atoms with Gasteiger partial charge in [0.2, 0.25) is 21.8 Å². The molecule has 0 aromatic heterocycles. The Balaban J connectivity index is 1.75. The Bertz CT molecular complexity index is 661. The lowest BCUT2D eigenvalue weighted by Crippen LogP contribution is -2.38. The van der Waals surface area contributed by atoms with Crippen molar-refractivity contribution < 1.29 is 18.0 Å². The number of rotatable bonds is 7. The van der Waals surface area contributed by atoms with E-state index in [-0.39, 0.29) is 42.1 Å². The molecule has 2 rings (SSSR count). The highest BCUT2D eigenvalue weighted by Crippen LogP contribution is 2.17. The molecule has 0 radical (unpaired) electrons. The van der Waals surface area contributed by atoms with E-state index in [0.717, 1.165) is 0 Å².